The number of aromatic nitrogens is 2. The number of fused-ring (bicyclic) bond motifs is 3. The minimum atomic E-state index is -1.39. The second-order valence-electron chi connectivity index (χ2n) is 12.0. The Hall–Kier alpha value is -4.74. The number of ether oxygens (including phenoxy) is 2. The first-order valence-electron chi connectivity index (χ1n) is 15.1. The van der Waals surface area contributed by atoms with Crippen LogP contribution in [0.4, 0.5) is 9.18 Å². The first kappa shape index (κ1) is 30.3. The Morgan fingerprint density at radius 2 is 2.00 bits per heavy atom. The molecule has 1 saturated heterocycles. The SMILES string of the molecule is COc1ccc2c(OC3CC4C(=O)NC5(C(=O)O)CC5C=CCCCCN(C)C(=O)N4C3)nc(-c3cccc(F)c3)nc2c1C. The second-order valence-corrected chi connectivity index (χ2v) is 12.0. The summed E-state index contributed by atoms with van der Waals surface area (Å²) in [5.41, 5.74) is 0.360. The molecular formula is C33H36FN5O6. The molecule has 2 fully saturated rings. The molecular weight excluding hydrogens is 581 g/mol. The standard InChI is InChI=1S/C33H36FN5O6/c1-19-26(44-3)13-12-24-27(19)35-28(20-9-8-11-22(34)15-20)36-30(24)45-23-16-25-29(40)37-33(31(41)42)17-21(33)10-6-4-5-7-14-38(2)32(43)39(25)18-23/h6,8-13,15,21,23,25H,4-5,7,14,16-18H2,1-3H3,(H,37,40)(H,41,42). The molecule has 6 rings (SSSR count). The topological polar surface area (TPSA) is 134 Å². The average Bonchev–Trinajstić information content (AvgIpc) is 3.56. The van der Waals surface area contributed by atoms with Crippen molar-refractivity contribution in [3.63, 3.8) is 0 Å². The minimum absolute atomic E-state index is 0.0839. The Labute approximate surface area is 260 Å². The molecule has 11 nitrogen and oxygen atoms in total. The molecule has 4 atom stereocenters. The van der Waals surface area contributed by atoms with Crippen LogP contribution in [-0.2, 0) is 9.59 Å². The van der Waals surface area contributed by atoms with Gasteiger partial charge in [0.2, 0.25) is 11.8 Å². The Balaban J connectivity index is 1.35. The van der Waals surface area contributed by atoms with E-state index in [-0.39, 0.29) is 36.6 Å². The number of carboxylic acids is 1. The first-order valence-corrected chi connectivity index (χ1v) is 15.1. The molecule has 12 heteroatoms. The lowest BCUT2D eigenvalue weighted by Gasteiger charge is -2.29. The molecule has 0 bridgehead atoms. The van der Waals surface area contributed by atoms with Crippen molar-refractivity contribution in [3.05, 3.63) is 59.9 Å². The van der Waals surface area contributed by atoms with E-state index >= 15 is 0 Å². The van der Waals surface area contributed by atoms with Crippen LogP contribution in [0.2, 0.25) is 0 Å². The summed E-state index contributed by atoms with van der Waals surface area (Å²) >= 11 is 0. The number of nitrogens with zero attached hydrogens (tertiary/aromatic N) is 4. The summed E-state index contributed by atoms with van der Waals surface area (Å²) in [6, 6.07) is 8.22. The predicted molar refractivity (Wildman–Crippen MR) is 163 cm³/mol. The highest BCUT2D eigenvalue weighted by atomic mass is 19.1. The predicted octanol–water partition coefficient (Wildman–Crippen LogP) is 4.33. The van der Waals surface area contributed by atoms with Crippen LogP contribution in [0.15, 0.2) is 48.6 Å². The number of hydrogen-bond donors (Lipinski definition) is 2. The van der Waals surface area contributed by atoms with Crippen LogP contribution in [0.3, 0.4) is 0 Å². The maximum absolute atomic E-state index is 14.2. The minimum Gasteiger partial charge on any atom is -0.496 e. The average molecular weight is 618 g/mol. The van der Waals surface area contributed by atoms with Gasteiger partial charge < -0.3 is 29.7 Å². The zero-order chi connectivity index (χ0) is 31.9. The summed E-state index contributed by atoms with van der Waals surface area (Å²) in [6.07, 6.45) is 5.99. The number of carbonyl (C=O) groups excluding carboxylic acids is 2. The van der Waals surface area contributed by atoms with Crippen molar-refractivity contribution < 1.29 is 33.4 Å². The molecule has 2 N–H and O–H groups in total. The highest BCUT2D eigenvalue weighted by Crippen LogP contribution is 2.45. The lowest BCUT2D eigenvalue weighted by atomic mass is 10.1. The molecule has 236 valence electrons. The van der Waals surface area contributed by atoms with Gasteiger partial charge in [0.1, 0.15) is 29.3 Å². The summed E-state index contributed by atoms with van der Waals surface area (Å²) in [4.78, 5) is 52.1. The van der Waals surface area contributed by atoms with E-state index in [1.54, 1.807) is 43.3 Å². The summed E-state index contributed by atoms with van der Waals surface area (Å²) in [7, 11) is 3.26. The fourth-order valence-corrected chi connectivity index (χ4v) is 6.31. The number of aryl methyl sites for hydroxylation is 1. The van der Waals surface area contributed by atoms with E-state index in [1.165, 1.54) is 17.0 Å². The molecule has 0 radical (unpaired) electrons. The zero-order valence-electron chi connectivity index (χ0n) is 25.5. The van der Waals surface area contributed by atoms with Gasteiger partial charge in [-0.3, -0.25) is 4.79 Å². The molecule has 45 heavy (non-hydrogen) atoms. The van der Waals surface area contributed by atoms with Crippen molar-refractivity contribution in [2.24, 2.45) is 5.92 Å². The van der Waals surface area contributed by atoms with Gasteiger partial charge in [-0.25, -0.2) is 19.0 Å². The van der Waals surface area contributed by atoms with Crippen LogP contribution >= 0.6 is 0 Å². The van der Waals surface area contributed by atoms with E-state index in [9.17, 15) is 23.9 Å². The second kappa shape index (κ2) is 12.0. The number of methoxy groups -OCH3 is 1. The number of carbonyl (C=O) groups is 3. The molecule has 3 aliphatic rings. The van der Waals surface area contributed by atoms with Gasteiger partial charge >= 0.3 is 12.0 Å². The third kappa shape index (κ3) is 5.76. The highest BCUT2D eigenvalue weighted by molar-refractivity contribution is 5.95. The van der Waals surface area contributed by atoms with Crippen molar-refractivity contribution >= 4 is 28.8 Å². The molecule has 1 aliphatic carbocycles. The number of halogens is 1. The lowest BCUT2D eigenvalue weighted by molar-refractivity contribution is -0.144. The summed E-state index contributed by atoms with van der Waals surface area (Å²) in [6.45, 7) is 2.45. The summed E-state index contributed by atoms with van der Waals surface area (Å²) < 4.78 is 26.1. The molecule has 3 aromatic rings. The van der Waals surface area contributed by atoms with Gasteiger partial charge in [-0.15, -0.1) is 0 Å². The molecule has 3 heterocycles. The van der Waals surface area contributed by atoms with Gasteiger partial charge in [-0.1, -0.05) is 24.3 Å². The zero-order valence-corrected chi connectivity index (χ0v) is 25.5. The van der Waals surface area contributed by atoms with Gasteiger partial charge in [-0.05, 0) is 56.9 Å². The Morgan fingerprint density at radius 1 is 1.18 bits per heavy atom. The molecule has 3 amide bonds. The van der Waals surface area contributed by atoms with E-state index in [0.717, 1.165) is 24.8 Å². The molecule has 2 aromatic carbocycles. The quantitative estimate of drug-likeness (QED) is 0.405. The Morgan fingerprint density at radius 3 is 2.76 bits per heavy atom. The van der Waals surface area contributed by atoms with Crippen LogP contribution in [0.25, 0.3) is 22.3 Å². The maximum atomic E-state index is 14.2. The smallest absolute Gasteiger partial charge is 0.330 e. The number of amides is 3. The van der Waals surface area contributed by atoms with Crippen LogP contribution < -0.4 is 14.8 Å². The van der Waals surface area contributed by atoms with E-state index in [2.05, 4.69) is 10.3 Å². The van der Waals surface area contributed by atoms with E-state index in [0.29, 0.717) is 35.2 Å². The van der Waals surface area contributed by atoms with Gasteiger partial charge in [0.25, 0.3) is 0 Å². The number of urea groups is 1. The van der Waals surface area contributed by atoms with E-state index in [4.69, 9.17) is 14.5 Å². The van der Waals surface area contributed by atoms with E-state index in [1.807, 2.05) is 19.1 Å². The van der Waals surface area contributed by atoms with Crippen LogP contribution in [0.1, 0.15) is 37.7 Å². The summed E-state index contributed by atoms with van der Waals surface area (Å²) in [5, 5.41) is 13.4. The monoisotopic (exact) mass is 617 g/mol. The van der Waals surface area contributed by atoms with Gasteiger partial charge in [0.05, 0.1) is 24.6 Å². The van der Waals surface area contributed by atoms with Crippen molar-refractivity contribution in [3.8, 4) is 23.0 Å². The number of hydrogen-bond acceptors (Lipinski definition) is 7. The fraction of sp³-hybridized carbons (Fsp3) is 0.424. The van der Waals surface area contributed by atoms with Crippen LogP contribution in [0, 0.1) is 18.7 Å². The third-order valence-corrected chi connectivity index (χ3v) is 8.98. The number of aliphatic carboxylic acids is 1. The maximum Gasteiger partial charge on any atom is 0.330 e. The molecule has 2 aliphatic heterocycles. The summed E-state index contributed by atoms with van der Waals surface area (Å²) in [5.74, 6) is -1.30. The molecule has 0 spiro atoms. The third-order valence-electron chi connectivity index (χ3n) is 8.98. The lowest BCUT2D eigenvalue weighted by Crippen LogP contribution is -2.54. The van der Waals surface area contributed by atoms with Crippen molar-refractivity contribution in [2.45, 2.75) is 56.7 Å². The first-order chi connectivity index (χ1) is 21.6. The number of nitrogens with one attached hydrogen (secondary N) is 1. The van der Waals surface area contributed by atoms with Crippen molar-refractivity contribution in [2.75, 3.05) is 27.2 Å². The number of allylic oxidation sites excluding steroid dienone is 1. The van der Waals surface area contributed by atoms with Gasteiger partial charge in [0, 0.05) is 37.1 Å². The highest BCUT2D eigenvalue weighted by Gasteiger charge is 2.61. The van der Waals surface area contributed by atoms with Gasteiger partial charge in [-0.2, -0.15) is 4.98 Å². The number of carboxylic acid groups (broad SMARTS) is 1. The number of rotatable bonds is 5. The van der Waals surface area contributed by atoms with Crippen molar-refractivity contribution in [1.82, 2.24) is 25.1 Å². The molecule has 1 aromatic heterocycles. The van der Waals surface area contributed by atoms with E-state index < -0.39 is 35.4 Å². The number of benzene rings is 2. The normalized spacial score (nSPS) is 25.3. The van der Waals surface area contributed by atoms with Crippen LogP contribution in [-0.4, -0.2) is 87.7 Å². The van der Waals surface area contributed by atoms with Crippen LogP contribution in [0.5, 0.6) is 11.6 Å². The fourth-order valence-electron chi connectivity index (χ4n) is 6.31. The van der Waals surface area contributed by atoms with Crippen molar-refractivity contribution in [1.29, 1.82) is 0 Å². The largest absolute Gasteiger partial charge is 0.496 e. The Bertz CT molecular complexity index is 1700. The molecule has 4 unspecified atom stereocenters. The van der Waals surface area contributed by atoms with Gasteiger partial charge in [0.15, 0.2) is 5.82 Å². The Kier molecular flexibility index (Phi) is 8.07. The molecule has 1 saturated carbocycles.